The average molecular weight is 245 g/mol. The van der Waals surface area contributed by atoms with E-state index in [-0.39, 0.29) is 12.0 Å². The topological polar surface area (TPSA) is 44.1 Å². The monoisotopic (exact) mass is 244 g/mol. The van der Waals surface area contributed by atoms with Crippen LogP contribution in [0.15, 0.2) is 11.6 Å². The van der Waals surface area contributed by atoms with E-state index in [1.165, 1.54) is 0 Å². The summed E-state index contributed by atoms with van der Waals surface area (Å²) < 4.78 is 7.64. The van der Waals surface area contributed by atoms with E-state index < -0.39 is 0 Å². The van der Waals surface area contributed by atoms with Crippen molar-refractivity contribution in [2.45, 2.75) is 5.38 Å². The van der Waals surface area contributed by atoms with Gasteiger partial charge >= 0.3 is 0 Å². The predicted octanol–water partition coefficient (Wildman–Crippen LogP) is 2.09. The summed E-state index contributed by atoms with van der Waals surface area (Å²) in [6.45, 7) is 0.578. The molecule has 0 aromatic carbocycles. The van der Waals surface area contributed by atoms with Gasteiger partial charge in [0.15, 0.2) is 5.65 Å². The molecule has 2 heterocycles. The fourth-order valence-electron chi connectivity index (χ4n) is 1.46. The molecule has 6 heteroatoms. The number of alkyl halides is 1. The van der Waals surface area contributed by atoms with Crippen LogP contribution in [0.1, 0.15) is 11.1 Å². The van der Waals surface area contributed by atoms with Gasteiger partial charge in [-0.1, -0.05) is 0 Å². The fraction of sp³-hybridized carbons (Fsp3) is 0.333. The Morgan fingerprint density at radius 1 is 1.80 bits per heavy atom. The van der Waals surface area contributed by atoms with E-state index in [1.807, 2.05) is 17.7 Å². The summed E-state index contributed by atoms with van der Waals surface area (Å²) >= 11 is 7.65. The van der Waals surface area contributed by atoms with E-state index in [1.54, 1.807) is 16.8 Å². The van der Waals surface area contributed by atoms with Crippen LogP contribution in [0.25, 0.3) is 10.3 Å². The molecule has 2 aromatic rings. The number of thiazole rings is 1. The summed E-state index contributed by atoms with van der Waals surface area (Å²) in [6.07, 6.45) is 0. The molecule has 0 N–H and O–H groups in total. The summed E-state index contributed by atoms with van der Waals surface area (Å²) in [4.78, 5) is 14.3. The Balaban J connectivity index is 2.30. The molecule has 0 saturated carbocycles. The summed E-state index contributed by atoms with van der Waals surface area (Å²) in [5, 5.41) is -0.332. The lowest BCUT2D eigenvalue weighted by atomic mass is 10.3. The van der Waals surface area contributed by atoms with Crippen LogP contribution in [-0.4, -0.2) is 22.6 Å². The highest BCUT2D eigenvalue weighted by molar-refractivity contribution is 7.16. The summed E-state index contributed by atoms with van der Waals surface area (Å²) in [7, 11) is 1.90. The SMILES string of the molecule is Cn1c(C(Cl)COC=O)cc2scnc21. The van der Waals surface area contributed by atoms with Crippen molar-refractivity contribution >= 4 is 39.8 Å². The van der Waals surface area contributed by atoms with Crippen LogP contribution in [0.2, 0.25) is 0 Å². The van der Waals surface area contributed by atoms with E-state index in [2.05, 4.69) is 9.72 Å². The lowest BCUT2D eigenvalue weighted by Gasteiger charge is -2.09. The lowest BCUT2D eigenvalue weighted by molar-refractivity contribution is -0.128. The Hall–Kier alpha value is -1.07. The minimum absolute atomic E-state index is 0.177. The number of aryl methyl sites for hydroxylation is 1. The molecule has 1 unspecified atom stereocenters. The Kier molecular flexibility index (Phi) is 2.93. The normalized spacial score (nSPS) is 12.9. The second-order valence-electron chi connectivity index (χ2n) is 3.07. The van der Waals surface area contributed by atoms with Crippen molar-refractivity contribution in [1.29, 1.82) is 0 Å². The standard InChI is InChI=1S/C9H9ClN2O2S/c1-12-7(6(10)3-14-5-13)2-8-9(12)11-4-15-8/h2,4-6H,3H2,1H3. The molecule has 80 valence electrons. The number of rotatable bonds is 4. The van der Waals surface area contributed by atoms with E-state index in [4.69, 9.17) is 11.6 Å². The molecule has 0 amide bonds. The molecule has 0 aliphatic heterocycles. The van der Waals surface area contributed by atoms with Gasteiger partial charge in [-0.15, -0.1) is 22.9 Å². The molecular weight excluding hydrogens is 236 g/mol. The Labute approximate surface area is 95.4 Å². The molecule has 0 bridgehead atoms. The van der Waals surface area contributed by atoms with Gasteiger partial charge in [0.1, 0.15) is 12.0 Å². The number of carbonyl (C=O) groups excluding carboxylic acids is 1. The van der Waals surface area contributed by atoms with Crippen LogP contribution in [0.5, 0.6) is 0 Å². The molecule has 4 nitrogen and oxygen atoms in total. The third-order valence-electron chi connectivity index (χ3n) is 2.19. The molecule has 2 aromatic heterocycles. The molecule has 15 heavy (non-hydrogen) atoms. The minimum Gasteiger partial charge on any atom is -0.466 e. The Morgan fingerprint density at radius 3 is 3.27 bits per heavy atom. The average Bonchev–Trinajstić information content (AvgIpc) is 2.78. The van der Waals surface area contributed by atoms with Crippen LogP contribution in [0.4, 0.5) is 0 Å². The maximum Gasteiger partial charge on any atom is 0.293 e. The molecule has 1 atom stereocenters. The second-order valence-corrected chi connectivity index (χ2v) is 4.48. The highest BCUT2D eigenvalue weighted by Crippen LogP contribution is 2.28. The van der Waals surface area contributed by atoms with Crippen molar-refractivity contribution in [3.8, 4) is 0 Å². The summed E-state index contributed by atoms with van der Waals surface area (Å²) in [6, 6.07) is 1.97. The van der Waals surface area contributed by atoms with Crippen LogP contribution in [0, 0.1) is 0 Å². The van der Waals surface area contributed by atoms with Crippen molar-refractivity contribution in [3.63, 3.8) is 0 Å². The van der Waals surface area contributed by atoms with Crippen LogP contribution >= 0.6 is 22.9 Å². The van der Waals surface area contributed by atoms with Crippen molar-refractivity contribution in [1.82, 2.24) is 9.55 Å². The highest BCUT2D eigenvalue weighted by Gasteiger charge is 2.16. The van der Waals surface area contributed by atoms with Gasteiger partial charge in [0.25, 0.3) is 6.47 Å². The molecule has 0 aliphatic rings. The highest BCUT2D eigenvalue weighted by atomic mass is 35.5. The van der Waals surface area contributed by atoms with E-state index in [0.29, 0.717) is 6.47 Å². The molecule has 0 radical (unpaired) electrons. The molecule has 0 fully saturated rings. The maximum absolute atomic E-state index is 10.0. The predicted molar refractivity (Wildman–Crippen MR) is 59.2 cm³/mol. The minimum atomic E-state index is -0.332. The van der Waals surface area contributed by atoms with Gasteiger partial charge < -0.3 is 9.30 Å². The van der Waals surface area contributed by atoms with Crippen LogP contribution in [-0.2, 0) is 16.6 Å². The van der Waals surface area contributed by atoms with Crippen molar-refractivity contribution < 1.29 is 9.53 Å². The van der Waals surface area contributed by atoms with Gasteiger partial charge in [0.05, 0.1) is 10.2 Å². The van der Waals surface area contributed by atoms with E-state index in [9.17, 15) is 4.79 Å². The molecule has 0 aliphatic carbocycles. The van der Waals surface area contributed by atoms with Gasteiger partial charge in [-0.05, 0) is 6.07 Å². The van der Waals surface area contributed by atoms with Crippen molar-refractivity contribution in [2.75, 3.05) is 6.61 Å². The van der Waals surface area contributed by atoms with Gasteiger partial charge in [0, 0.05) is 12.7 Å². The summed E-state index contributed by atoms with van der Waals surface area (Å²) in [5.41, 5.74) is 3.61. The van der Waals surface area contributed by atoms with Crippen LogP contribution in [0.3, 0.4) is 0 Å². The zero-order valence-corrected chi connectivity index (χ0v) is 9.59. The number of halogens is 1. The smallest absolute Gasteiger partial charge is 0.293 e. The maximum atomic E-state index is 10.0. The van der Waals surface area contributed by atoms with Crippen molar-refractivity contribution in [2.24, 2.45) is 7.05 Å². The van der Waals surface area contributed by atoms with Gasteiger partial charge in [-0.25, -0.2) is 4.98 Å². The van der Waals surface area contributed by atoms with Crippen molar-refractivity contribution in [3.05, 3.63) is 17.3 Å². The third-order valence-corrected chi connectivity index (χ3v) is 3.31. The first kappa shape index (κ1) is 10.4. The Morgan fingerprint density at radius 2 is 2.60 bits per heavy atom. The van der Waals surface area contributed by atoms with Crippen LogP contribution < -0.4 is 0 Å². The van der Waals surface area contributed by atoms with Gasteiger partial charge in [-0.3, -0.25) is 4.79 Å². The largest absolute Gasteiger partial charge is 0.466 e. The molecule has 0 saturated heterocycles. The van der Waals surface area contributed by atoms with E-state index in [0.717, 1.165) is 16.0 Å². The zero-order valence-electron chi connectivity index (χ0n) is 8.01. The molecular formula is C9H9ClN2O2S. The number of fused-ring (bicyclic) bond motifs is 1. The zero-order chi connectivity index (χ0) is 10.8. The first-order valence-electron chi connectivity index (χ1n) is 4.32. The third kappa shape index (κ3) is 1.85. The number of nitrogens with zero attached hydrogens (tertiary/aromatic N) is 2. The quantitative estimate of drug-likeness (QED) is 0.611. The number of hydrogen-bond donors (Lipinski definition) is 0. The number of aromatic nitrogens is 2. The number of hydrogen-bond acceptors (Lipinski definition) is 4. The van der Waals surface area contributed by atoms with Gasteiger partial charge in [0.2, 0.25) is 0 Å². The van der Waals surface area contributed by atoms with E-state index >= 15 is 0 Å². The first-order chi connectivity index (χ1) is 7.24. The van der Waals surface area contributed by atoms with Gasteiger partial charge in [-0.2, -0.15) is 0 Å². The second kappa shape index (κ2) is 4.20. The fourth-order valence-corrected chi connectivity index (χ4v) is 2.50. The number of carbonyl (C=O) groups is 1. The Bertz CT molecular complexity index is 479. The lowest BCUT2D eigenvalue weighted by Crippen LogP contribution is -2.05. The molecule has 2 rings (SSSR count). The first-order valence-corrected chi connectivity index (χ1v) is 5.63. The molecule has 0 spiro atoms. The number of ether oxygens (including phenoxy) is 1. The summed E-state index contributed by atoms with van der Waals surface area (Å²) in [5.74, 6) is 0.